The van der Waals surface area contributed by atoms with E-state index >= 15 is 0 Å². The number of aromatic nitrogens is 2. The smallest absolute Gasteiger partial charge is 0.224 e. The topological polar surface area (TPSA) is 55.0 Å². The van der Waals surface area contributed by atoms with Gasteiger partial charge >= 0.3 is 0 Å². The van der Waals surface area contributed by atoms with Gasteiger partial charge < -0.3 is 10.6 Å². The predicted molar refractivity (Wildman–Crippen MR) is 70.5 cm³/mol. The lowest BCUT2D eigenvalue weighted by molar-refractivity contribution is 0.625. The standard InChI is InChI=1S/C12H12ClFN4/c1-2-18(10-6-4-3-5-8(10)14)11-9(15)7-16-12(13)17-11/h3-7H,2,15H2,1H3. The van der Waals surface area contributed by atoms with E-state index in [0.29, 0.717) is 23.7 Å². The SMILES string of the molecule is CCN(c1ccccc1F)c1nc(Cl)ncc1N. The second-order valence-corrected chi connectivity index (χ2v) is 3.95. The Hall–Kier alpha value is -1.88. The molecule has 0 bridgehead atoms. The highest BCUT2D eigenvalue weighted by molar-refractivity contribution is 6.28. The van der Waals surface area contributed by atoms with Gasteiger partial charge in [-0.1, -0.05) is 12.1 Å². The van der Waals surface area contributed by atoms with Gasteiger partial charge in [-0.3, -0.25) is 0 Å². The van der Waals surface area contributed by atoms with E-state index in [1.54, 1.807) is 23.1 Å². The van der Waals surface area contributed by atoms with E-state index in [1.807, 2.05) is 6.92 Å². The highest BCUT2D eigenvalue weighted by atomic mass is 35.5. The first-order valence-electron chi connectivity index (χ1n) is 5.43. The summed E-state index contributed by atoms with van der Waals surface area (Å²) in [6.07, 6.45) is 1.41. The van der Waals surface area contributed by atoms with Gasteiger partial charge in [-0.05, 0) is 30.7 Å². The number of para-hydroxylation sites is 1. The molecule has 0 spiro atoms. The lowest BCUT2D eigenvalue weighted by Crippen LogP contribution is -2.20. The number of hydrogen-bond donors (Lipinski definition) is 1. The molecule has 2 rings (SSSR count). The van der Waals surface area contributed by atoms with Crippen LogP contribution in [-0.2, 0) is 0 Å². The number of nitrogen functional groups attached to an aromatic ring is 1. The summed E-state index contributed by atoms with van der Waals surface area (Å²) in [5.74, 6) is 0.0658. The molecule has 94 valence electrons. The van der Waals surface area contributed by atoms with Crippen LogP contribution in [0.15, 0.2) is 30.5 Å². The van der Waals surface area contributed by atoms with Crippen molar-refractivity contribution in [2.45, 2.75) is 6.92 Å². The number of nitrogens with two attached hydrogens (primary N) is 1. The molecule has 0 amide bonds. The van der Waals surface area contributed by atoms with Crippen LogP contribution in [0.25, 0.3) is 0 Å². The Morgan fingerprint density at radius 3 is 2.78 bits per heavy atom. The van der Waals surface area contributed by atoms with E-state index in [9.17, 15) is 4.39 Å². The van der Waals surface area contributed by atoms with E-state index in [-0.39, 0.29) is 11.1 Å². The summed E-state index contributed by atoms with van der Waals surface area (Å²) in [4.78, 5) is 9.48. The normalized spacial score (nSPS) is 10.4. The monoisotopic (exact) mass is 266 g/mol. The van der Waals surface area contributed by atoms with Crippen molar-refractivity contribution >= 4 is 28.8 Å². The minimum atomic E-state index is -0.339. The fourth-order valence-electron chi connectivity index (χ4n) is 1.68. The highest BCUT2D eigenvalue weighted by Gasteiger charge is 2.16. The van der Waals surface area contributed by atoms with Gasteiger partial charge in [0.1, 0.15) is 5.82 Å². The van der Waals surface area contributed by atoms with Gasteiger partial charge in [0, 0.05) is 6.54 Å². The van der Waals surface area contributed by atoms with Gasteiger partial charge in [-0.15, -0.1) is 0 Å². The van der Waals surface area contributed by atoms with Crippen LogP contribution in [0.4, 0.5) is 21.6 Å². The van der Waals surface area contributed by atoms with Crippen molar-refractivity contribution in [2.24, 2.45) is 0 Å². The summed E-state index contributed by atoms with van der Waals surface area (Å²) in [5.41, 5.74) is 6.56. The predicted octanol–water partition coefficient (Wildman–Crippen LogP) is 3.01. The van der Waals surface area contributed by atoms with Crippen molar-refractivity contribution in [2.75, 3.05) is 17.2 Å². The van der Waals surface area contributed by atoms with Crippen molar-refractivity contribution in [1.82, 2.24) is 9.97 Å². The molecular formula is C12H12ClFN4. The fraction of sp³-hybridized carbons (Fsp3) is 0.167. The first-order valence-corrected chi connectivity index (χ1v) is 5.81. The first-order chi connectivity index (χ1) is 8.63. The van der Waals surface area contributed by atoms with Gasteiger partial charge in [-0.25, -0.2) is 9.37 Å². The largest absolute Gasteiger partial charge is 0.394 e. The van der Waals surface area contributed by atoms with Gasteiger partial charge in [0.05, 0.1) is 17.6 Å². The summed E-state index contributed by atoms with van der Waals surface area (Å²) >= 11 is 5.75. The summed E-state index contributed by atoms with van der Waals surface area (Å²) in [5, 5.41) is 0.0778. The van der Waals surface area contributed by atoms with E-state index in [2.05, 4.69) is 9.97 Å². The molecular weight excluding hydrogens is 255 g/mol. The van der Waals surface area contributed by atoms with Gasteiger partial charge in [0.2, 0.25) is 5.28 Å². The Bertz CT molecular complexity index is 562. The van der Waals surface area contributed by atoms with E-state index < -0.39 is 0 Å². The van der Waals surface area contributed by atoms with Crippen molar-refractivity contribution < 1.29 is 4.39 Å². The van der Waals surface area contributed by atoms with Crippen molar-refractivity contribution in [3.8, 4) is 0 Å². The van der Waals surface area contributed by atoms with E-state index in [0.717, 1.165) is 0 Å². The maximum absolute atomic E-state index is 13.8. The Morgan fingerprint density at radius 2 is 2.11 bits per heavy atom. The minimum Gasteiger partial charge on any atom is -0.394 e. The van der Waals surface area contributed by atoms with E-state index in [1.165, 1.54) is 12.3 Å². The van der Waals surface area contributed by atoms with Crippen LogP contribution in [0.5, 0.6) is 0 Å². The lowest BCUT2D eigenvalue weighted by atomic mass is 10.2. The molecule has 0 saturated heterocycles. The number of benzene rings is 1. The number of hydrogen-bond acceptors (Lipinski definition) is 4. The third-order valence-corrected chi connectivity index (χ3v) is 2.66. The van der Waals surface area contributed by atoms with Crippen LogP contribution in [0, 0.1) is 5.82 Å². The molecule has 1 heterocycles. The average molecular weight is 267 g/mol. The second-order valence-electron chi connectivity index (χ2n) is 3.61. The lowest BCUT2D eigenvalue weighted by Gasteiger charge is -2.23. The molecule has 1 aromatic carbocycles. The molecule has 6 heteroatoms. The molecule has 2 aromatic rings. The average Bonchev–Trinajstić information content (AvgIpc) is 2.36. The summed E-state index contributed by atoms with van der Waals surface area (Å²) in [6, 6.07) is 6.42. The highest BCUT2D eigenvalue weighted by Crippen LogP contribution is 2.30. The molecule has 0 aliphatic carbocycles. The number of rotatable bonds is 3. The Labute approximate surface area is 109 Å². The maximum atomic E-state index is 13.8. The maximum Gasteiger partial charge on any atom is 0.224 e. The van der Waals surface area contributed by atoms with Gasteiger partial charge in [0.15, 0.2) is 5.82 Å². The number of halogens is 2. The Balaban J connectivity index is 2.52. The molecule has 0 unspecified atom stereocenters. The van der Waals surface area contributed by atoms with Crippen LogP contribution >= 0.6 is 11.6 Å². The van der Waals surface area contributed by atoms with Crippen LogP contribution in [0.2, 0.25) is 5.28 Å². The van der Waals surface area contributed by atoms with Gasteiger partial charge in [-0.2, -0.15) is 4.98 Å². The summed E-state index contributed by atoms with van der Waals surface area (Å²) in [7, 11) is 0. The second kappa shape index (κ2) is 5.18. The molecule has 1 aromatic heterocycles. The van der Waals surface area contributed by atoms with Crippen molar-refractivity contribution in [3.05, 3.63) is 41.6 Å². The zero-order valence-electron chi connectivity index (χ0n) is 9.77. The molecule has 0 saturated carbocycles. The number of anilines is 3. The third kappa shape index (κ3) is 2.36. The summed E-state index contributed by atoms with van der Waals surface area (Å²) < 4.78 is 13.8. The molecule has 2 N–H and O–H groups in total. The van der Waals surface area contributed by atoms with Crippen LogP contribution < -0.4 is 10.6 Å². The minimum absolute atomic E-state index is 0.0778. The molecule has 0 atom stereocenters. The van der Waals surface area contributed by atoms with Crippen LogP contribution in [-0.4, -0.2) is 16.5 Å². The number of nitrogens with zero attached hydrogens (tertiary/aromatic N) is 3. The van der Waals surface area contributed by atoms with E-state index in [4.69, 9.17) is 17.3 Å². The van der Waals surface area contributed by atoms with Crippen molar-refractivity contribution in [3.63, 3.8) is 0 Å². The Kier molecular flexibility index (Phi) is 3.62. The molecule has 0 aliphatic rings. The fourth-order valence-corrected chi connectivity index (χ4v) is 1.81. The zero-order chi connectivity index (χ0) is 13.1. The molecule has 4 nitrogen and oxygen atoms in total. The molecule has 18 heavy (non-hydrogen) atoms. The third-order valence-electron chi connectivity index (χ3n) is 2.48. The zero-order valence-corrected chi connectivity index (χ0v) is 10.5. The molecule has 0 fully saturated rings. The summed E-state index contributed by atoms with van der Waals surface area (Å²) in [6.45, 7) is 2.39. The molecule has 0 aliphatic heterocycles. The van der Waals surface area contributed by atoms with Gasteiger partial charge in [0.25, 0.3) is 0 Å². The quantitative estimate of drug-likeness (QED) is 0.868. The molecule has 0 radical (unpaired) electrons. The van der Waals surface area contributed by atoms with Crippen LogP contribution in [0.3, 0.4) is 0 Å². The Morgan fingerprint density at radius 1 is 1.39 bits per heavy atom. The van der Waals surface area contributed by atoms with Crippen molar-refractivity contribution in [1.29, 1.82) is 0 Å². The van der Waals surface area contributed by atoms with Crippen LogP contribution in [0.1, 0.15) is 6.92 Å². The first kappa shape index (κ1) is 12.6.